The number of carbonyl (C=O) groups is 3. The first-order valence-corrected chi connectivity index (χ1v) is 15.1. The molecule has 1 saturated heterocycles. The molecule has 1 fully saturated rings. The summed E-state index contributed by atoms with van der Waals surface area (Å²) in [4.78, 5) is 46.4. The molecular weight excluding hydrogens is 532 g/mol. The third-order valence-corrected chi connectivity index (χ3v) is 9.52. The van der Waals surface area contributed by atoms with Gasteiger partial charge in [0.15, 0.2) is 11.6 Å². The zero-order valence-electron chi connectivity index (χ0n) is 24.6. The number of aryl methyl sites for hydroxylation is 2. The summed E-state index contributed by atoms with van der Waals surface area (Å²) < 4.78 is 0. The van der Waals surface area contributed by atoms with Gasteiger partial charge in [0, 0.05) is 28.1 Å². The average molecular weight is 567 g/mol. The van der Waals surface area contributed by atoms with E-state index < -0.39 is 23.4 Å². The summed E-state index contributed by atoms with van der Waals surface area (Å²) in [5.41, 5.74) is 6.35. The maximum atomic E-state index is 15.0. The van der Waals surface area contributed by atoms with Gasteiger partial charge in [-0.25, -0.2) is 0 Å². The molecule has 4 aromatic rings. The van der Waals surface area contributed by atoms with Gasteiger partial charge in [0.2, 0.25) is 5.91 Å². The molecule has 0 aliphatic carbocycles. The van der Waals surface area contributed by atoms with Crippen molar-refractivity contribution in [2.24, 2.45) is 5.92 Å². The Morgan fingerprint density at radius 2 is 1.53 bits per heavy atom. The number of benzene rings is 4. The SMILES string of the molecule is CCCc1ccc(C(=O)C2C(C(=O)c3ccccc3)N3c4ccc(C)cc4C(C)=CC3C23C(=O)Nc2ccccc23)cc1. The van der Waals surface area contributed by atoms with Crippen LogP contribution in [-0.4, -0.2) is 29.6 Å². The molecule has 214 valence electrons. The minimum atomic E-state index is -1.31. The molecule has 0 bridgehead atoms. The Balaban J connectivity index is 1.52. The zero-order valence-corrected chi connectivity index (χ0v) is 24.6. The third-order valence-electron chi connectivity index (χ3n) is 9.52. The topological polar surface area (TPSA) is 66.5 Å². The molecule has 0 aromatic heterocycles. The number of rotatable bonds is 6. The number of para-hydroxylation sites is 1. The molecule has 1 N–H and O–H groups in total. The van der Waals surface area contributed by atoms with Crippen LogP contribution >= 0.6 is 0 Å². The van der Waals surface area contributed by atoms with Gasteiger partial charge in [-0.05, 0) is 55.2 Å². The molecule has 7 rings (SSSR count). The highest BCUT2D eigenvalue weighted by atomic mass is 16.2. The van der Waals surface area contributed by atoms with Crippen molar-refractivity contribution in [3.05, 3.63) is 137 Å². The first-order valence-electron chi connectivity index (χ1n) is 15.1. The lowest BCUT2D eigenvalue weighted by molar-refractivity contribution is -0.121. The van der Waals surface area contributed by atoms with Gasteiger partial charge in [0.1, 0.15) is 11.5 Å². The number of hydrogen-bond acceptors (Lipinski definition) is 4. The van der Waals surface area contributed by atoms with Crippen molar-refractivity contribution in [1.29, 1.82) is 0 Å². The maximum absolute atomic E-state index is 15.0. The first-order chi connectivity index (χ1) is 20.9. The van der Waals surface area contributed by atoms with Crippen LogP contribution in [0.5, 0.6) is 0 Å². The molecule has 4 unspecified atom stereocenters. The summed E-state index contributed by atoms with van der Waals surface area (Å²) >= 11 is 0. The lowest BCUT2D eigenvalue weighted by Crippen LogP contribution is -2.51. The van der Waals surface area contributed by atoms with Crippen LogP contribution in [0.2, 0.25) is 0 Å². The Kier molecular flexibility index (Phi) is 6.42. The van der Waals surface area contributed by atoms with E-state index in [0.717, 1.165) is 46.4 Å². The van der Waals surface area contributed by atoms with Crippen molar-refractivity contribution in [2.45, 2.75) is 51.1 Å². The Labute approximate surface area is 252 Å². The van der Waals surface area contributed by atoms with E-state index >= 15 is 0 Å². The number of fused-ring (bicyclic) bond motifs is 6. The molecule has 1 spiro atoms. The zero-order chi connectivity index (χ0) is 29.9. The summed E-state index contributed by atoms with van der Waals surface area (Å²) in [6.07, 6.45) is 4.03. The van der Waals surface area contributed by atoms with Crippen molar-refractivity contribution in [1.82, 2.24) is 0 Å². The minimum Gasteiger partial charge on any atom is -0.352 e. The predicted molar refractivity (Wildman–Crippen MR) is 171 cm³/mol. The summed E-state index contributed by atoms with van der Waals surface area (Å²) in [6.45, 7) is 6.23. The van der Waals surface area contributed by atoms with E-state index in [0.29, 0.717) is 16.8 Å². The van der Waals surface area contributed by atoms with Crippen molar-refractivity contribution >= 4 is 34.4 Å². The summed E-state index contributed by atoms with van der Waals surface area (Å²) in [5, 5.41) is 3.11. The molecule has 0 radical (unpaired) electrons. The van der Waals surface area contributed by atoms with Crippen LogP contribution in [0.15, 0.2) is 103 Å². The van der Waals surface area contributed by atoms with Gasteiger partial charge >= 0.3 is 0 Å². The second kappa shape index (κ2) is 10.2. The van der Waals surface area contributed by atoms with Crippen molar-refractivity contribution in [3.8, 4) is 0 Å². The van der Waals surface area contributed by atoms with Gasteiger partial charge in [-0.15, -0.1) is 0 Å². The van der Waals surface area contributed by atoms with Crippen LogP contribution in [0.4, 0.5) is 11.4 Å². The van der Waals surface area contributed by atoms with Crippen LogP contribution in [0, 0.1) is 12.8 Å². The van der Waals surface area contributed by atoms with E-state index in [1.165, 1.54) is 0 Å². The lowest BCUT2D eigenvalue weighted by Gasteiger charge is -2.39. The van der Waals surface area contributed by atoms with Gasteiger partial charge in [0.25, 0.3) is 0 Å². The van der Waals surface area contributed by atoms with E-state index in [4.69, 9.17) is 0 Å². The van der Waals surface area contributed by atoms with Gasteiger partial charge in [0.05, 0.1) is 12.0 Å². The fraction of sp³-hybridized carbons (Fsp3) is 0.237. The molecule has 4 atom stereocenters. The monoisotopic (exact) mass is 566 g/mol. The Morgan fingerprint density at radius 3 is 2.28 bits per heavy atom. The molecule has 3 aliphatic heterocycles. The smallest absolute Gasteiger partial charge is 0.238 e. The van der Waals surface area contributed by atoms with Crippen LogP contribution in [-0.2, 0) is 16.6 Å². The summed E-state index contributed by atoms with van der Waals surface area (Å²) in [6, 6.07) is 29.2. The van der Waals surface area contributed by atoms with Gasteiger partial charge < -0.3 is 10.2 Å². The van der Waals surface area contributed by atoms with Crippen molar-refractivity contribution in [3.63, 3.8) is 0 Å². The van der Waals surface area contributed by atoms with E-state index in [9.17, 15) is 14.4 Å². The number of carbonyl (C=O) groups excluding carboxylic acids is 3. The molecule has 3 aliphatic rings. The second-order valence-corrected chi connectivity index (χ2v) is 12.1. The van der Waals surface area contributed by atoms with Crippen LogP contribution in [0.25, 0.3) is 5.57 Å². The fourth-order valence-corrected chi connectivity index (χ4v) is 7.62. The number of Topliss-reactive ketones (excluding diaryl/α,β-unsaturated/α-hetero) is 2. The molecule has 4 aromatic carbocycles. The number of allylic oxidation sites excluding steroid dienone is 1. The normalized spacial score (nSPS) is 23.3. The molecule has 0 saturated carbocycles. The van der Waals surface area contributed by atoms with Crippen LogP contribution in [0.1, 0.15) is 63.2 Å². The highest BCUT2D eigenvalue weighted by Crippen LogP contribution is 2.58. The third kappa shape index (κ3) is 3.94. The van der Waals surface area contributed by atoms with Crippen molar-refractivity contribution < 1.29 is 14.4 Å². The van der Waals surface area contributed by atoms with Gasteiger partial charge in [-0.3, -0.25) is 14.4 Å². The molecule has 1 amide bonds. The molecule has 5 heteroatoms. The van der Waals surface area contributed by atoms with E-state index in [1.54, 1.807) is 12.1 Å². The largest absolute Gasteiger partial charge is 0.352 e. The minimum absolute atomic E-state index is 0.167. The molecule has 5 nitrogen and oxygen atoms in total. The fourth-order valence-electron chi connectivity index (χ4n) is 7.62. The Bertz CT molecular complexity index is 1810. The Morgan fingerprint density at radius 1 is 0.837 bits per heavy atom. The average Bonchev–Trinajstić information content (AvgIpc) is 3.49. The molecule has 43 heavy (non-hydrogen) atoms. The quantitative estimate of drug-likeness (QED) is 0.251. The highest BCUT2D eigenvalue weighted by molar-refractivity contribution is 6.18. The van der Waals surface area contributed by atoms with Crippen LogP contribution < -0.4 is 10.2 Å². The van der Waals surface area contributed by atoms with E-state index in [1.807, 2.05) is 85.8 Å². The highest BCUT2D eigenvalue weighted by Gasteiger charge is 2.70. The standard InChI is InChI=1S/C38H34N2O3/c1-4-10-25-16-18-27(19-17-25)35(41)33-34(36(42)26-11-6-5-7-12-26)40-31-20-15-23(2)21-28(31)24(3)22-32(40)38(33)29-13-8-9-14-30(29)39-37(38)43/h5-9,11-22,32-34H,4,10H2,1-3H3,(H,39,43). The van der Waals surface area contributed by atoms with Gasteiger partial charge in [-0.1, -0.05) is 104 Å². The molecular formula is C38H34N2O3. The second-order valence-electron chi connectivity index (χ2n) is 12.1. The summed E-state index contributed by atoms with van der Waals surface area (Å²) in [7, 11) is 0. The van der Waals surface area contributed by atoms with Crippen molar-refractivity contribution in [2.75, 3.05) is 10.2 Å². The number of amides is 1. The number of nitrogens with one attached hydrogen (secondary N) is 1. The predicted octanol–water partition coefficient (Wildman–Crippen LogP) is 7.19. The first kappa shape index (κ1) is 27.1. The number of ketones is 2. The summed E-state index contributed by atoms with van der Waals surface area (Å²) in [5.74, 6) is -1.58. The lowest BCUT2D eigenvalue weighted by atomic mass is 9.64. The Hall–Kier alpha value is -4.77. The number of anilines is 2. The maximum Gasteiger partial charge on any atom is 0.238 e. The van der Waals surface area contributed by atoms with Gasteiger partial charge in [-0.2, -0.15) is 0 Å². The number of nitrogens with zero attached hydrogens (tertiary/aromatic N) is 1. The number of hydrogen-bond donors (Lipinski definition) is 1. The van der Waals surface area contributed by atoms with E-state index in [2.05, 4.69) is 36.2 Å². The molecule has 3 heterocycles. The van der Waals surface area contributed by atoms with Crippen LogP contribution in [0.3, 0.4) is 0 Å². The van der Waals surface area contributed by atoms with E-state index in [-0.39, 0.29) is 17.5 Å².